The minimum absolute atomic E-state index is 0.143. The van der Waals surface area contributed by atoms with Crippen LogP contribution in [-0.2, 0) is 6.42 Å². The largest absolute Gasteiger partial charge is 0.313 e. The van der Waals surface area contributed by atoms with Crippen molar-refractivity contribution < 1.29 is 8.78 Å². The number of hydrogen-bond donors (Lipinski definition) is 1. The Morgan fingerprint density at radius 3 is 2.65 bits per heavy atom. The van der Waals surface area contributed by atoms with E-state index in [0.717, 1.165) is 16.1 Å². The lowest BCUT2D eigenvalue weighted by Crippen LogP contribution is -2.20. The molecule has 106 valence electrons. The maximum Gasteiger partial charge on any atom is 0.173 e. The normalized spacial score (nSPS) is 12.4. The summed E-state index contributed by atoms with van der Waals surface area (Å²) in [6.45, 7) is 0. The molecule has 0 aliphatic carbocycles. The summed E-state index contributed by atoms with van der Waals surface area (Å²) in [4.78, 5) is 4.10. The number of hydrogen-bond acceptors (Lipinski definition) is 2. The van der Waals surface area contributed by atoms with Crippen LogP contribution >= 0.6 is 31.9 Å². The highest BCUT2D eigenvalue weighted by atomic mass is 79.9. The predicted molar refractivity (Wildman–Crippen MR) is 81.5 cm³/mol. The monoisotopic (exact) mass is 404 g/mol. The third-order valence-corrected chi connectivity index (χ3v) is 4.23. The lowest BCUT2D eigenvalue weighted by atomic mass is 10.00. The molecule has 1 atom stereocenters. The first-order valence-corrected chi connectivity index (χ1v) is 7.51. The van der Waals surface area contributed by atoms with Crippen molar-refractivity contribution in [2.24, 2.45) is 0 Å². The van der Waals surface area contributed by atoms with Crippen molar-refractivity contribution in [2.45, 2.75) is 12.5 Å². The van der Waals surface area contributed by atoms with Crippen molar-refractivity contribution in [1.29, 1.82) is 0 Å². The molecule has 0 radical (unpaired) electrons. The summed E-state index contributed by atoms with van der Waals surface area (Å²) in [6, 6.07) is 4.52. The van der Waals surface area contributed by atoms with Crippen molar-refractivity contribution in [1.82, 2.24) is 10.3 Å². The maximum absolute atomic E-state index is 13.6. The molecular formula is C14H12Br2F2N2. The van der Waals surface area contributed by atoms with Crippen molar-refractivity contribution in [3.05, 3.63) is 62.3 Å². The number of likely N-dealkylation sites (N-methyl/N-ethyl adjacent to an activating group) is 1. The second kappa shape index (κ2) is 6.74. The van der Waals surface area contributed by atoms with Gasteiger partial charge in [0.15, 0.2) is 11.6 Å². The van der Waals surface area contributed by atoms with Crippen LogP contribution in [0, 0.1) is 11.6 Å². The molecule has 2 nitrogen and oxygen atoms in total. The van der Waals surface area contributed by atoms with Gasteiger partial charge in [0.25, 0.3) is 0 Å². The lowest BCUT2D eigenvalue weighted by molar-refractivity contribution is 0.495. The lowest BCUT2D eigenvalue weighted by Gasteiger charge is -2.18. The van der Waals surface area contributed by atoms with Gasteiger partial charge < -0.3 is 5.32 Å². The fourth-order valence-electron chi connectivity index (χ4n) is 1.98. The van der Waals surface area contributed by atoms with Crippen LogP contribution in [0.3, 0.4) is 0 Å². The Balaban J connectivity index is 2.31. The molecule has 0 amide bonds. The van der Waals surface area contributed by atoms with Crippen molar-refractivity contribution >= 4 is 31.9 Å². The van der Waals surface area contributed by atoms with Crippen LogP contribution in [-0.4, -0.2) is 12.0 Å². The Kier molecular flexibility index (Phi) is 5.23. The van der Waals surface area contributed by atoms with E-state index in [0.29, 0.717) is 12.0 Å². The van der Waals surface area contributed by atoms with E-state index in [1.807, 2.05) is 6.07 Å². The van der Waals surface area contributed by atoms with Crippen LogP contribution in [0.4, 0.5) is 8.78 Å². The molecule has 6 heteroatoms. The third kappa shape index (κ3) is 3.42. The number of rotatable bonds is 4. The Morgan fingerprint density at radius 2 is 2.00 bits per heavy atom. The number of pyridine rings is 1. The van der Waals surface area contributed by atoms with Gasteiger partial charge in [-0.2, -0.15) is 0 Å². The van der Waals surface area contributed by atoms with Crippen LogP contribution in [0.5, 0.6) is 0 Å². The maximum atomic E-state index is 13.6. The van der Waals surface area contributed by atoms with Gasteiger partial charge in [0, 0.05) is 22.9 Å². The van der Waals surface area contributed by atoms with Crippen LogP contribution < -0.4 is 5.32 Å². The second-order valence-corrected chi connectivity index (χ2v) is 6.03. The highest BCUT2D eigenvalue weighted by molar-refractivity contribution is 9.10. The molecule has 0 bridgehead atoms. The van der Waals surface area contributed by atoms with Gasteiger partial charge in [-0.15, -0.1) is 0 Å². The summed E-state index contributed by atoms with van der Waals surface area (Å²) >= 11 is 6.48. The van der Waals surface area contributed by atoms with Gasteiger partial charge in [-0.3, -0.25) is 4.98 Å². The first-order valence-electron chi connectivity index (χ1n) is 5.93. The standard InChI is InChI=1S/C14H12Br2F2N2/c1-19-12(5-8-4-9(15)7-20-6-8)10-2-3-11(17)14(18)13(10)16/h2-4,6-7,12,19H,5H2,1H3. The number of aromatic nitrogens is 1. The van der Waals surface area contributed by atoms with E-state index < -0.39 is 11.6 Å². The fraction of sp³-hybridized carbons (Fsp3) is 0.214. The van der Waals surface area contributed by atoms with Crippen molar-refractivity contribution in [3.63, 3.8) is 0 Å². The smallest absolute Gasteiger partial charge is 0.173 e. The Hall–Kier alpha value is -0.850. The zero-order valence-corrected chi connectivity index (χ0v) is 13.8. The Morgan fingerprint density at radius 1 is 1.25 bits per heavy atom. The molecule has 2 rings (SSSR count). The van der Waals surface area contributed by atoms with Crippen molar-refractivity contribution in [3.8, 4) is 0 Å². The van der Waals surface area contributed by atoms with Gasteiger partial charge in [0.1, 0.15) is 0 Å². The summed E-state index contributed by atoms with van der Waals surface area (Å²) in [5.41, 5.74) is 1.67. The molecule has 0 spiro atoms. The quantitative estimate of drug-likeness (QED) is 0.763. The van der Waals surface area contributed by atoms with E-state index in [9.17, 15) is 8.78 Å². The van der Waals surface area contributed by atoms with Gasteiger partial charge >= 0.3 is 0 Å². The minimum Gasteiger partial charge on any atom is -0.313 e. The summed E-state index contributed by atoms with van der Waals surface area (Å²) < 4.78 is 27.8. The van der Waals surface area contributed by atoms with Gasteiger partial charge in [-0.25, -0.2) is 8.78 Å². The zero-order valence-electron chi connectivity index (χ0n) is 10.6. The highest BCUT2D eigenvalue weighted by Gasteiger charge is 2.18. The van der Waals surface area contributed by atoms with Crippen LogP contribution in [0.25, 0.3) is 0 Å². The van der Waals surface area contributed by atoms with Crippen LogP contribution in [0.2, 0.25) is 0 Å². The van der Waals surface area contributed by atoms with E-state index in [1.165, 1.54) is 0 Å². The number of nitrogens with one attached hydrogen (secondary N) is 1. The Labute approximate surface area is 132 Å². The molecule has 1 aromatic heterocycles. The van der Waals surface area contributed by atoms with E-state index in [4.69, 9.17) is 0 Å². The molecule has 0 aliphatic rings. The molecule has 20 heavy (non-hydrogen) atoms. The molecule has 1 unspecified atom stereocenters. The first-order chi connectivity index (χ1) is 9.52. The SMILES string of the molecule is CNC(Cc1cncc(Br)c1)c1ccc(F)c(F)c1Br. The average Bonchev–Trinajstić information content (AvgIpc) is 2.43. The zero-order chi connectivity index (χ0) is 14.7. The topological polar surface area (TPSA) is 24.9 Å². The van der Waals surface area contributed by atoms with Gasteiger partial charge in [-0.05, 0) is 68.6 Å². The highest BCUT2D eigenvalue weighted by Crippen LogP contribution is 2.29. The number of halogens is 4. The van der Waals surface area contributed by atoms with E-state index in [-0.39, 0.29) is 10.5 Å². The minimum atomic E-state index is -0.866. The van der Waals surface area contributed by atoms with E-state index in [2.05, 4.69) is 42.2 Å². The summed E-state index contributed by atoms with van der Waals surface area (Å²) in [7, 11) is 1.78. The summed E-state index contributed by atoms with van der Waals surface area (Å²) in [5, 5.41) is 3.11. The molecule has 2 aromatic rings. The van der Waals surface area contributed by atoms with Crippen molar-refractivity contribution in [2.75, 3.05) is 7.05 Å². The molecule has 0 saturated heterocycles. The molecular weight excluding hydrogens is 394 g/mol. The van der Waals surface area contributed by atoms with Gasteiger partial charge in [0.05, 0.1) is 4.47 Å². The average molecular weight is 406 g/mol. The molecule has 1 N–H and O–H groups in total. The first kappa shape index (κ1) is 15.5. The van der Waals surface area contributed by atoms with Crippen LogP contribution in [0.1, 0.15) is 17.2 Å². The Bertz CT molecular complexity index is 620. The molecule has 0 saturated carbocycles. The number of benzene rings is 1. The molecule has 1 aromatic carbocycles. The van der Waals surface area contributed by atoms with Gasteiger partial charge in [-0.1, -0.05) is 6.07 Å². The summed E-state index contributed by atoms with van der Waals surface area (Å²) in [6.07, 6.45) is 4.07. The van der Waals surface area contributed by atoms with E-state index >= 15 is 0 Å². The van der Waals surface area contributed by atoms with E-state index in [1.54, 1.807) is 25.5 Å². The predicted octanol–water partition coefficient (Wildman–Crippen LogP) is 4.39. The van der Waals surface area contributed by atoms with Gasteiger partial charge in [0.2, 0.25) is 0 Å². The molecule has 0 aliphatic heterocycles. The van der Waals surface area contributed by atoms with Crippen LogP contribution in [0.15, 0.2) is 39.5 Å². The molecule has 1 heterocycles. The number of nitrogens with zero attached hydrogens (tertiary/aromatic N) is 1. The third-order valence-electron chi connectivity index (χ3n) is 2.99. The second-order valence-electron chi connectivity index (χ2n) is 4.32. The summed E-state index contributed by atoms with van der Waals surface area (Å²) in [5.74, 6) is -1.73. The fourth-order valence-corrected chi connectivity index (χ4v) is 2.99. The molecule has 0 fully saturated rings.